The second kappa shape index (κ2) is 13.7. The third kappa shape index (κ3) is 7.30. The minimum absolute atomic E-state index is 0.0636. The summed E-state index contributed by atoms with van der Waals surface area (Å²) >= 11 is 1.43. The molecule has 9 nitrogen and oxygen atoms in total. The number of methoxy groups -OCH3 is 1. The third-order valence-corrected chi connectivity index (χ3v) is 9.37. The molecule has 2 aromatic heterocycles. The van der Waals surface area contributed by atoms with E-state index in [0.717, 1.165) is 53.1 Å². The van der Waals surface area contributed by atoms with Crippen LogP contribution in [0.15, 0.2) is 83.4 Å². The van der Waals surface area contributed by atoms with Gasteiger partial charge in [-0.25, -0.2) is 14.5 Å². The number of amides is 2. The van der Waals surface area contributed by atoms with Crippen molar-refractivity contribution in [1.82, 2.24) is 24.6 Å². The molecule has 2 unspecified atom stereocenters. The number of carbonyl (C=O) groups excluding carboxylic acids is 1. The number of benzene rings is 3. The molecule has 2 amide bonds. The third-order valence-electron chi connectivity index (χ3n) is 8.43. The predicted molar refractivity (Wildman–Crippen MR) is 177 cm³/mol. The molecule has 0 aliphatic heterocycles. The van der Waals surface area contributed by atoms with Gasteiger partial charge in [0, 0.05) is 34.7 Å². The van der Waals surface area contributed by atoms with Crippen molar-refractivity contribution in [2.24, 2.45) is 4.99 Å². The van der Waals surface area contributed by atoms with Crippen LogP contribution in [0.5, 0.6) is 11.5 Å². The van der Waals surface area contributed by atoms with Crippen molar-refractivity contribution < 1.29 is 27.4 Å². The first kappa shape index (κ1) is 33.0. The molecule has 2 heterocycles. The zero-order chi connectivity index (χ0) is 34.0. The Bertz CT molecular complexity index is 1960. The molecule has 6 rings (SSSR count). The molecule has 48 heavy (non-hydrogen) atoms. The number of ether oxygens (including phenoxy) is 2. The van der Waals surface area contributed by atoms with Crippen LogP contribution in [-0.4, -0.2) is 44.9 Å². The van der Waals surface area contributed by atoms with Gasteiger partial charge in [0.2, 0.25) is 0 Å². The molecule has 3 aromatic carbocycles. The number of halogens is 3. The number of aromatic nitrogens is 4. The van der Waals surface area contributed by atoms with Crippen LogP contribution in [0.2, 0.25) is 0 Å². The number of thiazole rings is 1. The zero-order valence-electron chi connectivity index (χ0n) is 26.9. The Morgan fingerprint density at radius 3 is 2.46 bits per heavy atom. The monoisotopic (exact) mass is 676 g/mol. The normalized spacial score (nSPS) is 16.8. The molecule has 1 N–H and O–H groups in total. The van der Waals surface area contributed by atoms with Gasteiger partial charge in [0.05, 0.1) is 18.5 Å². The van der Waals surface area contributed by atoms with Gasteiger partial charge in [-0.3, -0.25) is 4.57 Å². The quantitative estimate of drug-likeness (QED) is 0.179. The van der Waals surface area contributed by atoms with Crippen molar-refractivity contribution in [2.45, 2.75) is 64.3 Å². The Morgan fingerprint density at radius 2 is 1.77 bits per heavy atom. The first-order valence-electron chi connectivity index (χ1n) is 15.6. The van der Waals surface area contributed by atoms with Gasteiger partial charge in [-0.05, 0) is 67.1 Å². The van der Waals surface area contributed by atoms with Crippen molar-refractivity contribution in [2.75, 3.05) is 7.11 Å². The van der Waals surface area contributed by atoms with E-state index in [1.807, 2.05) is 53.3 Å². The van der Waals surface area contributed by atoms with E-state index >= 15 is 0 Å². The molecule has 13 heteroatoms. The molecule has 0 bridgehead atoms. The zero-order valence-corrected chi connectivity index (χ0v) is 27.7. The van der Waals surface area contributed by atoms with E-state index in [4.69, 9.17) is 4.74 Å². The van der Waals surface area contributed by atoms with Gasteiger partial charge in [-0.2, -0.15) is 4.99 Å². The Labute approximate surface area is 279 Å². The van der Waals surface area contributed by atoms with Gasteiger partial charge >= 0.3 is 12.4 Å². The molecule has 5 aromatic rings. The van der Waals surface area contributed by atoms with Crippen molar-refractivity contribution in [3.63, 3.8) is 0 Å². The van der Waals surface area contributed by atoms with E-state index in [9.17, 15) is 18.0 Å². The number of urea groups is 1. The summed E-state index contributed by atoms with van der Waals surface area (Å²) in [4.78, 5) is 22.8. The van der Waals surface area contributed by atoms with Crippen LogP contribution in [-0.2, 0) is 0 Å². The Morgan fingerprint density at radius 1 is 1.04 bits per heavy atom. The number of carbonyl (C=O) groups is 1. The molecule has 0 spiro atoms. The average molecular weight is 677 g/mol. The lowest BCUT2D eigenvalue weighted by atomic mass is 9.93. The van der Waals surface area contributed by atoms with Gasteiger partial charge in [0.25, 0.3) is 0 Å². The highest BCUT2D eigenvalue weighted by molar-refractivity contribution is 7.07. The average Bonchev–Trinajstić information content (AvgIpc) is 3.81. The summed E-state index contributed by atoms with van der Waals surface area (Å²) in [7, 11) is 1.64. The van der Waals surface area contributed by atoms with E-state index in [1.54, 1.807) is 7.11 Å². The fourth-order valence-electron chi connectivity index (χ4n) is 6.11. The van der Waals surface area contributed by atoms with Crippen LogP contribution < -0.4 is 19.6 Å². The van der Waals surface area contributed by atoms with E-state index in [0.29, 0.717) is 16.3 Å². The van der Waals surface area contributed by atoms with Crippen LogP contribution in [0.4, 0.5) is 18.0 Å². The predicted octanol–water partition coefficient (Wildman–Crippen LogP) is 8.07. The van der Waals surface area contributed by atoms with E-state index < -0.39 is 6.36 Å². The molecule has 2 atom stereocenters. The minimum atomic E-state index is -4.75. The summed E-state index contributed by atoms with van der Waals surface area (Å²) in [6.45, 7) is 6.27. The standard InChI is InChI=1S/C35H35F3N6O3S/c1-21(2)28-17-16-27(46-4)18-31(28)44-22(3)19-48-34(44)41-33(45)40-30-7-5-6-29(30)23-8-10-24(11-9-23)32-39-20-43(42-32)25-12-14-26(15-13-25)47-35(36,37)38/h8-21,29-30H,5-7H2,1-4H3,(H,40,45). The number of rotatable bonds is 8. The lowest BCUT2D eigenvalue weighted by Crippen LogP contribution is -2.36. The first-order chi connectivity index (χ1) is 23.0. The molecular weight excluding hydrogens is 641 g/mol. The highest BCUT2D eigenvalue weighted by Crippen LogP contribution is 2.35. The topological polar surface area (TPSA) is 95.6 Å². The molecule has 0 saturated heterocycles. The summed E-state index contributed by atoms with van der Waals surface area (Å²) in [5, 5.41) is 9.67. The van der Waals surface area contributed by atoms with Crippen LogP contribution in [0.1, 0.15) is 61.8 Å². The SMILES string of the molecule is COc1ccc(C(C)C)c(-n2c(C)csc2=NC(=O)NC2CCCC2c2ccc(-c3ncn(-c4ccc(OC(F)(F)F)cc4)n3)cc2)c1. The van der Waals surface area contributed by atoms with Crippen molar-refractivity contribution >= 4 is 17.4 Å². The van der Waals surface area contributed by atoms with E-state index in [2.05, 4.69) is 45.0 Å². The van der Waals surface area contributed by atoms with Gasteiger partial charge < -0.3 is 14.8 Å². The lowest BCUT2D eigenvalue weighted by molar-refractivity contribution is -0.274. The Hall–Kier alpha value is -4.91. The first-order valence-corrected chi connectivity index (χ1v) is 16.5. The molecule has 1 fully saturated rings. The maximum absolute atomic E-state index is 13.3. The largest absolute Gasteiger partial charge is 0.573 e. The fraction of sp³-hybridized carbons (Fsp3) is 0.314. The number of alkyl halides is 3. The maximum atomic E-state index is 13.3. The fourth-order valence-corrected chi connectivity index (χ4v) is 6.97. The van der Waals surface area contributed by atoms with Crippen molar-refractivity contribution in [3.8, 4) is 34.3 Å². The molecular formula is C35H35F3N6O3S. The van der Waals surface area contributed by atoms with Gasteiger partial charge in [0.1, 0.15) is 17.8 Å². The number of aryl methyl sites for hydroxylation is 1. The molecule has 1 saturated carbocycles. The smallest absolute Gasteiger partial charge is 0.497 e. The van der Waals surface area contributed by atoms with Crippen LogP contribution in [0, 0.1) is 6.92 Å². The Kier molecular flexibility index (Phi) is 9.40. The second-order valence-electron chi connectivity index (χ2n) is 12.0. The second-order valence-corrected chi connectivity index (χ2v) is 12.8. The number of nitrogens with one attached hydrogen (secondary N) is 1. The van der Waals surface area contributed by atoms with E-state index in [1.165, 1.54) is 46.6 Å². The summed E-state index contributed by atoms with van der Waals surface area (Å²) in [6, 6.07) is 18.9. The maximum Gasteiger partial charge on any atom is 0.573 e. The summed E-state index contributed by atoms with van der Waals surface area (Å²) in [5.74, 6) is 1.29. The lowest BCUT2D eigenvalue weighted by Gasteiger charge is -2.20. The minimum Gasteiger partial charge on any atom is -0.497 e. The van der Waals surface area contributed by atoms with Gasteiger partial charge in [-0.1, -0.05) is 50.6 Å². The van der Waals surface area contributed by atoms with Crippen molar-refractivity contribution in [1.29, 1.82) is 0 Å². The molecule has 1 aliphatic carbocycles. The highest BCUT2D eigenvalue weighted by Gasteiger charge is 2.31. The highest BCUT2D eigenvalue weighted by atomic mass is 32.1. The van der Waals surface area contributed by atoms with Crippen LogP contribution >= 0.6 is 11.3 Å². The van der Waals surface area contributed by atoms with Gasteiger partial charge in [0.15, 0.2) is 10.6 Å². The summed E-state index contributed by atoms with van der Waals surface area (Å²) in [5.41, 5.74) is 5.49. The van der Waals surface area contributed by atoms with E-state index in [-0.39, 0.29) is 29.7 Å². The molecule has 250 valence electrons. The number of hydrogen-bond acceptors (Lipinski definition) is 6. The van der Waals surface area contributed by atoms with Crippen LogP contribution in [0.25, 0.3) is 22.8 Å². The summed E-state index contributed by atoms with van der Waals surface area (Å²) in [6.07, 6.45) is -0.481. The number of nitrogens with zero attached hydrogens (tertiary/aromatic N) is 5. The van der Waals surface area contributed by atoms with Crippen molar-refractivity contribution in [3.05, 3.63) is 100 Å². The van der Waals surface area contributed by atoms with Gasteiger partial charge in [-0.15, -0.1) is 29.6 Å². The summed E-state index contributed by atoms with van der Waals surface area (Å²) < 4.78 is 50.4. The molecule has 0 radical (unpaired) electrons. The molecule has 1 aliphatic rings. The number of hydrogen-bond donors (Lipinski definition) is 1. The van der Waals surface area contributed by atoms with Crippen LogP contribution in [0.3, 0.4) is 0 Å². The Balaban J connectivity index is 1.16.